The topological polar surface area (TPSA) is 88.7 Å². The summed E-state index contributed by atoms with van der Waals surface area (Å²) in [6.07, 6.45) is 1.21. The third-order valence-corrected chi connectivity index (χ3v) is 4.36. The zero-order chi connectivity index (χ0) is 15.6. The van der Waals surface area contributed by atoms with Crippen LogP contribution in [0.1, 0.15) is 34.1 Å². The lowest BCUT2D eigenvalue weighted by Crippen LogP contribution is -2.63. The molecule has 1 aliphatic carbocycles. The summed E-state index contributed by atoms with van der Waals surface area (Å²) < 4.78 is 5.43. The quantitative estimate of drug-likeness (QED) is 0.359. The van der Waals surface area contributed by atoms with Gasteiger partial charge in [-0.3, -0.25) is 9.79 Å². The molecule has 0 aromatic carbocycles. The minimum absolute atomic E-state index is 0. The van der Waals surface area contributed by atoms with Crippen LogP contribution in [0.2, 0.25) is 0 Å². The van der Waals surface area contributed by atoms with Crippen molar-refractivity contribution in [2.45, 2.75) is 46.3 Å². The molecule has 1 aliphatic rings. The number of carbonyl (C=O) groups excluding carboxylic acids is 1. The van der Waals surface area contributed by atoms with Gasteiger partial charge < -0.3 is 21.1 Å². The van der Waals surface area contributed by atoms with E-state index in [0.717, 1.165) is 6.42 Å². The summed E-state index contributed by atoms with van der Waals surface area (Å²) >= 11 is 0. The fraction of sp³-hybridized carbons (Fsp3) is 0.857. The molecule has 0 aromatic rings. The van der Waals surface area contributed by atoms with Crippen LogP contribution in [0.15, 0.2) is 4.99 Å². The maximum atomic E-state index is 11.3. The highest BCUT2D eigenvalue weighted by molar-refractivity contribution is 14.0. The number of methoxy groups -OCH3 is 1. The second-order valence-electron chi connectivity index (χ2n) is 6.65. The van der Waals surface area contributed by atoms with E-state index in [1.165, 1.54) is 0 Å². The van der Waals surface area contributed by atoms with Gasteiger partial charge in [-0.25, -0.2) is 0 Å². The largest absolute Gasteiger partial charge is 0.381 e. The Morgan fingerprint density at radius 1 is 1.48 bits per heavy atom. The minimum atomic E-state index is -0.609. The molecular formula is C14H29IN4O2. The maximum Gasteiger partial charge on any atom is 0.224 e. The number of amides is 1. The Labute approximate surface area is 144 Å². The van der Waals surface area contributed by atoms with Crippen LogP contribution in [-0.2, 0) is 9.53 Å². The van der Waals surface area contributed by atoms with Crippen LogP contribution in [-0.4, -0.2) is 44.7 Å². The molecule has 7 heteroatoms. The van der Waals surface area contributed by atoms with Gasteiger partial charge in [0.1, 0.15) is 0 Å². The second-order valence-corrected chi connectivity index (χ2v) is 6.65. The highest BCUT2D eigenvalue weighted by atomic mass is 127. The van der Waals surface area contributed by atoms with E-state index >= 15 is 0 Å². The van der Waals surface area contributed by atoms with E-state index in [9.17, 15) is 4.79 Å². The zero-order valence-corrected chi connectivity index (χ0v) is 16.1. The van der Waals surface area contributed by atoms with E-state index < -0.39 is 5.41 Å². The van der Waals surface area contributed by atoms with Crippen LogP contribution in [0.5, 0.6) is 0 Å². The van der Waals surface area contributed by atoms with Crippen molar-refractivity contribution < 1.29 is 9.53 Å². The maximum absolute atomic E-state index is 11.3. The number of ether oxygens (including phenoxy) is 1. The first-order chi connectivity index (χ1) is 9.15. The molecule has 124 valence electrons. The number of primary amides is 1. The molecule has 0 heterocycles. The molecule has 0 spiro atoms. The van der Waals surface area contributed by atoms with E-state index in [1.54, 1.807) is 14.2 Å². The molecule has 2 atom stereocenters. The normalized spacial score (nSPS) is 24.6. The van der Waals surface area contributed by atoms with Crippen LogP contribution in [0.25, 0.3) is 0 Å². The summed E-state index contributed by atoms with van der Waals surface area (Å²) in [6.45, 7) is 8.41. The number of nitrogens with two attached hydrogens (primary N) is 1. The van der Waals surface area contributed by atoms with Gasteiger partial charge in [-0.15, -0.1) is 24.0 Å². The van der Waals surface area contributed by atoms with Gasteiger partial charge in [0, 0.05) is 32.2 Å². The van der Waals surface area contributed by atoms with Crippen LogP contribution in [0.4, 0.5) is 0 Å². The van der Waals surface area contributed by atoms with E-state index in [1.807, 2.05) is 13.8 Å². The molecule has 1 saturated carbocycles. The summed E-state index contributed by atoms with van der Waals surface area (Å²) in [7, 11) is 3.46. The number of nitrogens with zero attached hydrogens (tertiary/aromatic N) is 1. The number of nitrogens with one attached hydrogen (secondary N) is 2. The van der Waals surface area contributed by atoms with Crippen LogP contribution >= 0.6 is 24.0 Å². The van der Waals surface area contributed by atoms with Gasteiger partial charge in [-0.1, -0.05) is 13.8 Å². The SMILES string of the molecule is CN=C(NCC(C)(C)C(N)=O)NC1CC(OC)C1(C)C.I. The number of guanidine groups is 1. The van der Waals surface area contributed by atoms with E-state index in [2.05, 4.69) is 29.5 Å². The summed E-state index contributed by atoms with van der Waals surface area (Å²) in [5.41, 5.74) is 4.81. The number of carbonyl (C=O) groups is 1. The molecule has 4 N–H and O–H groups in total. The lowest BCUT2D eigenvalue weighted by Gasteiger charge is -2.51. The van der Waals surface area contributed by atoms with Gasteiger partial charge in [0.05, 0.1) is 11.5 Å². The summed E-state index contributed by atoms with van der Waals surface area (Å²) in [5, 5.41) is 6.53. The predicted octanol–water partition coefficient (Wildman–Crippen LogP) is 1.09. The molecule has 2 unspecified atom stereocenters. The predicted molar refractivity (Wildman–Crippen MR) is 95.9 cm³/mol. The molecule has 1 rings (SSSR count). The van der Waals surface area contributed by atoms with Crippen molar-refractivity contribution in [2.75, 3.05) is 20.7 Å². The van der Waals surface area contributed by atoms with E-state index in [0.29, 0.717) is 18.5 Å². The molecule has 0 aromatic heterocycles. The first-order valence-electron chi connectivity index (χ1n) is 6.95. The highest BCUT2D eigenvalue weighted by Gasteiger charge is 2.49. The van der Waals surface area contributed by atoms with Gasteiger partial charge in [-0.2, -0.15) is 0 Å². The number of rotatable bonds is 5. The summed E-state index contributed by atoms with van der Waals surface area (Å²) in [6, 6.07) is 0.301. The first-order valence-corrected chi connectivity index (χ1v) is 6.95. The Bertz CT molecular complexity index is 396. The van der Waals surface area contributed by atoms with E-state index in [4.69, 9.17) is 10.5 Å². The third-order valence-electron chi connectivity index (χ3n) is 4.36. The Morgan fingerprint density at radius 3 is 2.43 bits per heavy atom. The number of halogens is 1. The summed E-state index contributed by atoms with van der Waals surface area (Å²) in [4.78, 5) is 15.5. The van der Waals surface area contributed by atoms with Crippen molar-refractivity contribution >= 4 is 35.8 Å². The lowest BCUT2D eigenvalue weighted by atomic mass is 9.64. The molecule has 1 fully saturated rings. The molecule has 0 saturated heterocycles. The Morgan fingerprint density at radius 2 is 2.05 bits per heavy atom. The number of hydrogen-bond donors (Lipinski definition) is 3. The molecule has 0 aliphatic heterocycles. The molecule has 1 amide bonds. The van der Waals surface area contributed by atoms with Gasteiger partial charge >= 0.3 is 0 Å². The lowest BCUT2D eigenvalue weighted by molar-refractivity contribution is -0.125. The Hall–Kier alpha value is -0.570. The third kappa shape index (κ3) is 4.70. The van der Waals surface area contributed by atoms with Crippen LogP contribution in [0.3, 0.4) is 0 Å². The molecular weight excluding hydrogens is 383 g/mol. The van der Waals surface area contributed by atoms with Crippen molar-refractivity contribution in [3.05, 3.63) is 0 Å². The smallest absolute Gasteiger partial charge is 0.224 e. The van der Waals surface area contributed by atoms with Crippen LogP contribution in [0, 0.1) is 10.8 Å². The fourth-order valence-electron chi connectivity index (χ4n) is 2.28. The second kappa shape index (κ2) is 7.62. The average molecular weight is 412 g/mol. The average Bonchev–Trinajstić information content (AvgIpc) is 2.36. The minimum Gasteiger partial charge on any atom is -0.381 e. The monoisotopic (exact) mass is 412 g/mol. The fourth-order valence-corrected chi connectivity index (χ4v) is 2.28. The van der Waals surface area contributed by atoms with Crippen molar-refractivity contribution in [3.63, 3.8) is 0 Å². The summed E-state index contributed by atoms with van der Waals surface area (Å²) in [5.74, 6) is 0.357. The zero-order valence-electron chi connectivity index (χ0n) is 13.8. The van der Waals surface area contributed by atoms with Crippen molar-refractivity contribution in [2.24, 2.45) is 21.6 Å². The molecule has 21 heavy (non-hydrogen) atoms. The van der Waals surface area contributed by atoms with Gasteiger partial charge in [0.15, 0.2) is 5.96 Å². The number of hydrogen-bond acceptors (Lipinski definition) is 3. The Kier molecular flexibility index (Phi) is 7.41. The highest BCUT2D eigenvalue weighted by Crippen LogP contribution is 2.42. The number of aliphatic imine (C=N–C) groups is 1. The standard InChI is InChI=1S/C14H28N4O2.HI/c1-13(2,11(15)19)8-17-12(16-5)18-9-7-10(20-6)14(9,3)4;/h9-10H,7-8H2,1-6H3,(H2,15,19)(H2,16,17,18);1H. The van der Waals surface area contributed by atoms with E-state index in [-0.39, 0.29) is 41.4 Å². The molecule has 0 radical (unpaired) electrons. The van der Waals surface area contributed by atoms with Gasteiger partial charge in [-0.05, 0) is 20.3 Å². The first kappa shape index (κ1) is 20.4. The van der Waals surface area contributed by atoms with Gasteiger partial charge in [0.25, 0.3) is 0 Å². The Balaban J connectivity index is 0.00000400. The van der Waals surface area contributed by atoms with Crippen LogP contribution < -0.4 is 16.4 Å². The van der Waals surface area contributed by atoms with Crippen molar-refractivity contribution in [1.82, 2.24) is 10.6 Å². The van der Waals surface area contributed by atoms with Crippen molar-refractivity contribution in [1.29, 1.82) is 0 Å². The van der Waals surface area contributed by atoms with Gasteiger partial charge in [0.2, 0.25) is 5.91 Å². The molecule has 0 bridgehead atoms. The van der Waals surface area contributed by atoms with Crippen molar-refractivity contribution in [3.8, 4) is 0 Å². The molecule has 6 nitrogen and oxygen atoms in total.